The number of carbonyl (C=O) groups is 1. The summed E-state index contributed by atoms with van der Waals surface area (Å²) in [5, 5.41) is 6.29. The van der Waals surface area contributed by atoms with Gasteiger partial charge in [0.25, 0.3) is 0 Å². The number of piperidine rings is 2. The van der Waals surface area contributed by atoms with Crippen LogP contribution in [-0.4, -0.2) is 74.1 Å². The van der Waals surface area contributed by atoms with Crippen molar-refractivity contribution in [3.8, 4) is 0 Å². The number of carbonyl (C=O) groups excluding carboxylic acids is 1. The molecule has 2 fully saturated rings. The van der Waals surface area contributed by atoms with Crippen LogP contribution in [-0.2, 0) is 17.6 Å². The van der Waals surface area contributed by atoms with E-state index in [-0.39, 0.29) is 11.8 Å². The zero-order valence-corrected chi connectivity index (χ0v) is 18.0. The number of nitrogens with zero attached hydrogens (tertiary/aromatic N) is 2. The molecule has 2 heterocycles. The first-order valence-electron chi connectivity index (χ1n) is 11.7. The number of rotatable bonds is 7. The molecule has 5 heteroatoms. The minimum atomic E-state index is 0.181. The number of amides is 1. The Bertz CT molecular complexity index is 646. The quantitative estimate of drug-likeness (QED) is 0.690. The van der Waals surface area contributed by atoms with Gasteiger partial charge in [-0.2, -0.15) is 0 Å². The van der Waals surface area contributed by atoms with Crippen LogP contribution in [0.15, 0.2) is 24.3 Å². The van der Waals surface area contributed by atoms with E-state index in [1.165, 1.54) is 45.3 Å². The highest BCUT2D eigenvalue weighted by molar-refractivity contribution is 5.78. The van der Waals surface area contributed by atoms with E-state index in [4.69, 9.17) is 0 Å². The van der Waals surface area contributed by atoms with E-state index in [0.717, 1.165) is 38.9 Å². The van der Waals surface area contributed by atoms with Crippen LogP contribution in [0.2, 0.25) is 0 Å². The number of hydrogen-bond acceptors (Lipinski definition) is 4. The molecule has 0 spiro atoms. The van der Waals surface area contributed by atoms with Crippen LogP contribution in [0.4, 0.5) is 0 Å². The molecule has 2 saturated heterocycles. The zero-order valence-electron chi connectivity index (χ0n) is 18.0. The number of benzene rings is 1. The maximum Gasteiger partial charge on any atom is 0.224 e. The molecule has 1 unspecified atom stereocenters. The second kappa shape index (κ2) is 10.1. The van der Waals surface area contributed by atoms with Crippen molar-refractivity contribution in [1.82, 2.24) is 20.4 Å². The summed E-state index contributed by atoms with van der Waals surface area (Å²) in [6, 6.07) is 10.3. The van der Waals surface area contributed by atoms with Gasteiger partial charge in [-0.3, -0.25) is 14.6 Å². The summed E-state index contributed by atoms with van der Waals surface area (Å²) < 4.78 is 0. The van der Waals surface area contributed by atoms with E-state index in [9.17, 15) is 4.79 Å². The summed E-state index contributed by atoms with van der Waals surface area (Å²) in [5.74, 6) is 0.452. The average molecular weight is 399 g/mol. The number of hydrogen-bond donors (Lipinski definition) is 2. The first kappa shape index (κ1) is 20.8. The summed E-state index contributed by atoms with van der Waals surface area (Å²) >= 11 is 0. The van der Waals surface area contributed by atoms with Gasteiger partial charge in [0.05, 0.1) is 5.92 Å². The van der Waals surface area contributed by atoms with E-state index < -0.39 is 0 Å². The molecule has 1 aromatic carbocycles. The lowest BCUT2D eigenvalue weighted by Gasteiger charge is -2.43. The molecule has 1 aromatic rings. The molecule has 0 radical (unpaired) electrons. The lowest BCUT2D eigenvalue weighted by molar-refractivity contribution is -0.127. The lowest BCUT2D eigenvalue weighted by atomic mass is 9.92. The minimum absolute atomic E-state index is 0.181. The first-order valence-corrected chi connectivity index (χ1v) is 11.7. The van der Waals surface area contributed by atoms with Crippen LogP contribution in [0.1, 0.15) is 43.2 Å². The average Bonchev–Trinajstić information content (AvgIpc) is 3.21. The summed E-state index contributed by atoms with van der Waals surface area (Å²) in [7, 11) is 1.96. The Labute approximate surface area is 176 Å². The molecule has 5 nitrogen and oxygen atoms in total. The van der Waals surface area contributed by atoms with E-state index in [0.29, 0.717) is 12.1 Å². The molecule has 0 bridgehead atoms. The Morgan fingerprint density at radius 2 is 1.69 bits per heavy atom. The number of likely N-dealkylation sites (tertiary alicyclic amines) is 2. The van der Waals surface area contributed by atoms with Gasteiger partial charge in [-0.25, -0.2) is 0 Å². The summed E-state index contributed by atoms with van der Waals surface area (Å²) in [5.41, 5.74) is 3.11. The maximum absolute atomic E-state index is 12.6. The van der Waals surface area contributed by atoms with Crippen LogP contribution in [0, 0.1) is 5.92 Å². The SMILES string of the molecule is CNCCCNC(=O)C1CCCN(C2CCN(C3Cc4ccccc4C3)CC2)C1. The molecule has 0 aromatic heterocycles. The van der Waals surface area contributed by atoms with Gasteiger partial charge >= 0.3 is 0 Å². The monoisotopic (exact) mass is 398 g/mol. The Kier molecular flexibility index (Phi) is 7.22. The van der Waals surface area contributed by atoms with Crippen LogP contribution < -0.4 is 10.6 Å². The van der Waals surface area contributed by atoms with Crippen molar-refractivity contribution in [2.24, 2.45) is 5.92 Å². The number of fused-ring (bicyclic) bond motifs is 1. The molecule has 160 valence electrons. The predicted molar refractivity (Wildman–Crippen MR) is 118 cm³/mol. The standard InChI is InChI=1S/C24H38N4O/c1-25-11-5-12-26-24(29)21-8-4-13-28(18-21)22-9-14-27(15-10-22)23-16-19-6-2-3-7-20(19)17-23/h2-3,6-7,21-23,25H,4-5,8-18H2,1H3,(H,26,29). The molecular weight excluding hydrogens is 360 g/mol. The lowest BCUT2D eigenvalue weighted by Crippen LogP contribution is -2.52. The second-order valence-electron chi connectivity index (χ2n) is 9.18. The van der Waals surface area contributed by atoms with E-state index in [1.807, 2.05) is 7.05 Å². The maximum atomic E-state index is 12.6. The predicted octanol–water partition coefficient (Wildman–Crippen LogP) is 2.06. The highest BCUT2D eigenvalue weighted by Crippen LogP contribution is 2.29. The Morgan fingerprint density at radius 3 is 2.38 bits per heavy atom. The van der Waals surface area contributed by atoms with Crippen LogP contribution in [0.25, 0.3) is 0 Å². The smallest absolute Gasteiger partial charge is 0.224 e. The van der Waals surface area contributed by atoms with Crippen LogP contribution >= 0.6 is 0 Å². The first-order chi connectivity index (χ1) is 14.2. The third-order valence-corrected chi connectivity index (χ3v) is 7.29. The van der Waals surface area contributed by atoms with Crippen molar-refractivity contribution in [2.45, 2.75) is 57.0 Å². The Balaban J connectivity index is 1.22. The van der Waals surface area contributed by atoms with Gasteiger partial charge in [-0.1, -0.05) is 24.3 Å². The van der Waals surface area contributed by atoms with Gasteiger partial charge in [0.1, 0.15) is 0 Å². The van der Waals surface area contributed by atoms with Crippen molar-refractivity contribution in [3.63, 3.8) is 0 Å². The van der Waals surface area contributed by atoms with Gasteiger partial charge in [-0.15, -0.1) is 0 Å². The molecule has 1 atom stereocenters. The molecule has 1 amide bonds. The van der Waals surface area contributed by atoms with Crippen molar-refractivity contribution in [2.75, 3.05) is 46.3 Å². The van der Waals surface area contributed by atoms with Crippen molar-refractivity contribution in [3.05, 3.63) is 35.4 Å². The topological polar surface area (TPSA) is 47.6 Å². The highest BCUT2D eigenvalue weighted by atomic mass is 16.1. The normalized spacial score (nSPS) is 24.5. The Hall–Kier alpha value is -1.43. The van der Waals surface area contributed by atoms with E-state index in [1.54, 1.807) is 11.1 Å². The fourth-order valence-corrected chi connectivity index (χ4v) is 5.58. The molecule has 4 rings (SSSR count). The Morgan fingerprint density at radius 1 is 0.966 bits per heavy atom. The third-order valence-electron chi connectivity index (χ3n) is 7.29. The van der Waals surface area contributed by atoms with Gasteiger partial charge < -0.3 is 10.6 Å². The molecule has 3 aliphatic rings. The molecule has 2 N–H and O–H groups in total. The fraction of sp³-hybridized carbons (Fsp3) is 0.708. The van der Waals surface area contributed by atoms with Gasteiger partial charge in [0, 0.05) is 25.2 Å². The van der Waals surface area contributed by atoms with Crippen molar-refractivity contribution in [1.29, 1.82) is 0 Å². The molecule has 0 saturated carbocycles. The van der Waals surface area contributed by atoms with Crippen LogP contribution in [0.5, 0.6) is 0 Å². The van der Waals surface area contributed by atoms with Crippen molar-refractivity contribution >= 4 is 5.91 Å². The van der Waals surface area contributed by atoms with Gasteiger partial charge in [0.15, 0.2) is 0 Å². The van der Waals surface area contributed by atoms with Gasteiger partial charge in [0.2, 0.25) is 5.91 Å². The summed E-state index contributed by atoms with van der Waals surface area (Å²) in [6.07, 6.45) is 8.16. The van der Waals surface area contributed by atoms with E-state index in [2.05, 4.69) is 44.7 Å². The third kappa shape index (κ3) is 5.19. The van der Waals surface area contributed by atoms with Gasteiger partial charge in [-0.05, 0) is 89.3 Å². The number of nitrogens with one attached hydrogen (secondary N) is 2. The minimum Gasteiger partial charge on any atom is -0.356 e. The molecule has 1 aliphatic carbocycles. The van der Waals surface area contributed by atoms with Crippen molar-refractivity contribution < 1.29 is 4.79 Å². The molecule has 2 aliphatic heterocycles. The highest BCUT2D eigenvalue weighted by Gasteiger charge is 2.34. The molecular formula is C24H38N4O. The van der Waals surface area contributed by atoms with E-state index >= 15 is 0 Å². The fourth-order valence-electron chi connectivity index (χ4n) is 5.58. The molecule has 29 heavy (non-hydrogen) atoms. The second-order valence-corrected chi connectivity index (χ2v) is 9.18. The largest absolute Gasteiger partial charge is 0.356 e. The van der Waals surface area contributed by atoms with Crippen LogP contribution in [0.3, 0.4) is 0 Å². The zero-order chi connectivity index (χ0) is 20.1. The summed E-state index contributed by atoms with van der Waals surface area (Å²) in [6.45, 7) is 6.29. The summed E-state index contributed by atoms with van der Waals surface area (Å²) in [4.78, 5) is 17.9.